The molecule has 0 saturated carbocycles. The molecule has 0 saturated heterocycles. The van der Waals surface area contributed by atoms with E-state index in [1.807, 2.05) is 28.1 Å². The van der Waals surface area contributed by atoms with Gasteiger partial charge in [0.2, 0.25) is 0 Å². The second-order valence-corrected chi connectivity index (χ2v) is 5.87. The van der Waals surface area contributed by atoms with Crippen molar-refractivity contribution >= 4 is 7.82 Å². The van der Waals surface area contributed by atoms with Crippen LogP contribution in [0.15, 0.2) is 0 Å². The lowest BCUT2D eigenvalue weighted by Crippen LogP contribution is -2.42. The zero-order valence-corrected chi connectivity index (χ0v) is 11.3. The molecular formula is C9H23NO5P+. The Kier molecular flexibility index (Phi) is 6.70. The number of ether oxygens (including phenoxy) is 1. The third-order valence-electron chi connectivity index (χ3n) is 1.83. The van der Waals surface area contributed by atoms with Crippen molar-refractivity contribution in [2.75, 3.05) is 40.9 Å². The maximum atomic E-state index is 10.8. The Morgan fingerprint density at radius 3 is 2.25 bits per heavy atom. The summed E-state index contributed by atoms with van der Waals surface area (Å²) in [7, 11) is 1.40. The molecule has 1 atom stereocenters. The Labute approximate surface area is 97.0 Å². The van der Waals surface area contributed by atoms with E-state index in [-0.39, 0.29) is 0 Å². The summed E-state index contributed by atoms with van der Waals surface area (Å²) < 4.78 is 21.2. The Morgan fingerprint density at radius 2 is 1.88 bits per heavy atom. The largest absolute Gasteiger partial charge is 0.470 e. The molecule has 0 aliphatic carbocycles. The van der Waals surface area contributed by atoms with E-state index >= 15 is 0 Å². The van der Waals surface area contributed by atoms with Crippen molar-refractivity contribution < 1.29 is 28.1 Å². The summed E-state index contributed by atoms with van der Waals surface area (Å²) in [5.74, 6) is 0. The average Bonchev–Trinajstić information content (AvgIpc) is 1.97. The number of hydrogen-bond donors (Lipinski definition) is 2. The minimum Gasteiger partial charge on any atom is -0.382 e. The van der Waals surface area contributed by atoms with Gasteiger partial charge < -0.3 is 19.0 Å². The zero-order valence-electron chi connectivity index (χ0n) is 10.4. The lowest BCUT2D eigenvalue weighted by Gasteiger charge is -2.29. The van der Waals surface area contributed by atoms with Gasteiger partial charge in [-0.3, -0.25) is 4.52 Å². The summed E-state index contributed by atoms with van der Waals surface area (Å²) >= 11 is 0. The highest BCUT2D eigenvalue weighted by molar-refractivity contribution is 7.46. The Morgan fingerprint density at radius 1 is 1.31 bits per heavy atom. The van der Waals surface area contributed by atoms with Crippen LogP contribution in [0.3, 0.4) is 0 Å². The van der Waals surface area contributed by atoms with Crippen LogP contribution in [0.5, 0.6) is 0 Å². The predicted octanol–water partition coefficient (Wildman–Crippen LogP) is 0.597. The van der Waals surface area contributed by atoms with E-state index in [0.29, 0.717) is 30.7 Å². The molecule has 6 nitrogen and oxygen atoms in total. The van der Waals surface area contributed by atoms with Gasteiger partial charge in [0.05, 0.1) is 21.1 Å². The Hall–Kier alpha value is 0.0300. The first kappa shape index (κ1) is 16.0. The van der Waals surface area contributed by atoms with Crippen molar-refractivity contribution in [3.05, 3.63) is 0 Å². The maximum Gasteiger partial charge on any atom is 0.470 e. The monoisotopic (exact) mass is 256 g/mol. The standard InChI is InChI=1S/C9H22NO5P/c1-5-14-7-6-9(8-10(2,3)4)15-16(11,12)13/h9H,5-8H2,1-4H3,(H-,11,12,13)/p+1. The predicted molar refractivity (Wildman–Crippen MR) is 60.9 cm³/mol. The van der Waals surface area contributed by atoms with Crippen molar-refractivity contribution in [3.63, 3.8) is 0 Å². The summed E-state index contributed by atoms with van der Waals surface area (Å²) in [6.07, 6.45) is -0.0125. The molecule has 0 aromatic heterocycles. The molecule has 16 heavy (non-hydrogen) atoms. The molecule has 7 heteroatoms. The third kappa shape index (κ3) is 10.5. The number of hydrogen-bond acceptors (Lipinski definition) is 3. The third-order valence-corrected chi connectivity index (χ3v) is 2.40. The fraction of sp³-hybridized carbons (Fsp3) is 1.00. The molecule has 0 bridgehead atoms. The average molecular weight is 256 g/mol. The van der Waals surface area contributed by atoms with Gasteiger partial charge in [-0.05, 0) is 6.92 Å². The van der Waals surface area contributed by atoms with E-state index in [4.69, 9.17) is 19.0 Å². The van der Waals surface area contributed by atoms with Gasteiger partial charge in [0.15, 0.2) is 0 Å². The first-order chi connectivity index (χ1) is 7.14. The molecule has 0 aromatic carbocycles. The van der Waals surface area contributed by atoms with Crippen LogP contribution in [0.2, 0.25) is 0 Å². The number of quaternary nitrogens is 1. The van der Waals surface area contributed by atoms with Crippen molar-refractivity contribution in [3.8, 4) is 0 Å². The molecule has 0 heterocycles. The van der Waals surface area contributed by atoms with Crippen LogP contribution < -0.4 is 0 Å². The molecule has 0 fully saturated rings. The SMILES string of the molecule is CCOCCC(C[N+](C)(C)C)OP(=O)(O)O. The fourth-order valence-corrected chi connectivity index (χ4v) is 1.90. The molecule has 1 unspecified atom stereocenters. The van der Waals surface area contributed by atoms with Gasteiger partial charge in [-0.2, -0.15) is 0 Å². The smallest absolute Gasteiger partial charge is 0.382 e. The summed E-state index contributed by atoms with van der Waals surface area (Å²) in [4.78, 5) is 17.6. The van der Waals surface area contributed by atoms with E-state index in [2.05, 4.69) is 0 Å². The van der Waals surface area contributed by atoms with Gasteiger partial charge in [-0.15, -0.1) is 0 Å². The molecule has 0 spiro atoms. The Bertz CT molecular complexity index is 235. The van der Waals surface area contributed by atoms with Crippen molar-refractivity contribution in [1.29, 1.82) is 0 Å². The lowest BCUT2D eigenvalue weighted by atomic mass is 10.2. The number of rotatable bonds is 8. The van der Waals surface area contributed by atoms with E-state index in [0.717, 1.165) is 0 Å². The summed E-state index contributed by atoms with van der Waals surface area (Å²) in [6, 6.07) is 0. The quantitative estimate of drug-likeness (QED) is 0.378. The van der Waals surface area contributed by atoms with E-state index in [1.165, 1.54) is 0 Å². The summed E-state index contributed by atoms with van der Waals surface area (Å²) in [5.41, 5.74) is 0. The van der Waals surface area contributed by atoms with Crippen LogP contribution in [-0.4, -0.2) is 61.3 Å². The highest BCUT2D eigenvalue weighted by atomic mass is 31.2. The fourth-order valence-electron chi connectivity index (χ4n) is 1.34. The van der Waals surface area contributed by atoms with Crippen LogP contribution >= 0.6 is 7.82 Å². The van der Waals surface area contributed by atoms with E-state index < -0.39 is 13.9 Å². The van der Waals surface area contributed by atoms with Crippen LogP contribution in [0, 0.1) is 0 Å². The number of nitrogens with zero attached hydrogens (tertiary/aromatic N) is 1. The van der Waals surface area contributed by atoms with Gasteiger partial charge in [0, 0.05) is 19.6 Å². The van der Waals surface area contributed by atoms with Crippen LogP contribution in [-0.2, 0) is 13.8 Å². The maximum absolute atomic E-state index is 10.8. The molecular weight excluding hydrogens is 233 g/mol. The van der Waals surface area contributed by atoms with E-state index in [1.54, 1.807) is 0 Å². The highest BCUT2D eigenvalue weighted by Crippen LogP contribution is 2.38. The van der Waals surface area contributed by atoms with Gasteiger partial charge in [0.1, 0.15) is 12.6 Å². The number of phosphoric acid groups is 1. The zero-order chi connectivity index (χ0) is 12.8. The minimum absolute atomic E-state index is 0.446. The van der Waals surface area contributed by atoms with Gasteiger partial charge >= 0.3 is 7.82 Å². The van der Waals surface area contributed by atoms with Crippen molar-refractivity contribution in [1.82, 2.24) is 0 Å². The Balaban J connectivity index is 4.22. The number of phosphoric ester groups is 1. The lowest BCUT2D eigenvalue weighted by molar-refractivity contribution is -0.873. The summed E-state index contributed by atoms with van der Waals surface area (Å²) in [6.45, 7) is 3.44. The van der Waals surface area contributed by atoms with Gasteiger partial charge in [0.25, 0.3) is 0 Å². The van der Waals surface area contributed by atoms with E-state index in [9.17, 15) is 4.57 Å². The second-order valence-electron chi connectivity index (χ2n) is 4.68. The van der Waals surface area contributed by atoms with Gasteiger partial charge in [-0.1, -0.05) is 0 Å². The topological polar surface area (TPSA) is 76.0 Å². The van der Waals surface area contributed by atoms with Gasteiger partial charge in [-0.25, -0.2) is 4.57 Å². The molecule has 0 aliphatic rings. The molecule has 0 rings (SSSR count). The van der Waals surface area contributed by atoms with Crippen LogP contribution in [0.25, 0.3) is 0 Å². The molecule has 0 aromatic rings. The van der Waals surface area contributed by atoms with Crippen LogP contribution in [0.4, 0.5) is 0 Å². The van der Waals surface area contributed by atoms with Crippen molar-refractivity contribution in [2.45, 2.75) is 19.4 Å². The minimum atomic E-state index is -4.42. The van der Waals surface area contributed by atoms with Crippen molar-refractivity contribution in [2.24, 2.45) is 0 Å². The highest BCUT2D eigenvalue weighted by Gasteiger charge is 2.26. The molecule has 0 amide bonds. The van der Waals surface area contributed by atoms with Crippen LogP contribution in [0.1, 0.15) is 13.3 Å². The first-order valence-corrected chi connectivity index (χ1v) is 6.79. The summed E-state index contributed by atoms with van der Waals surface area (Å²) in [5, 5.41) is 0. The molecule has 98 valence electrons. The molecule has 2 N–H and O–H groups in total. The normalized spacial score (nSPS) is 15.1. The molecule has 0 radical (unpaired) electrons. The first-order valence-electron chi connectivity index (χ1n) is 5.26. The molecule has 0 aliphatic heterocycles. The second kappa shape index (κ2) is 6.69. The number of likely N-dealkylation sites (N-methyl/N-ethyl adjacent to an activating group) is 1.